The predicted molar refractivity (Wildman–Crippen MR) is 55.3 cm³/mol. The highest BCUT2D eigenvalue weighted by molar-refractivity contribution is 9.12. The second kappa shape index (κ2) is 4.34. The lowest BCUT2D eigenvalue weighted by atomic mass is 10.3. The Bertz CT molecular complexity index is 122. The number of unbranched alkanes of at least 4 members (excludes halogenated alkanes) is 1. The van der Waals surface area contributed by atoms with Crippen LogP contribution < -0.4 is 0 Å². The SMILES string of the molecule is CCC/C=C(/Br)[Si](C)(C)C. The largest absolute Gasteiger partial charge is 0.0861 e. The molecule has 60 valence electrons. The van der Waals surface area contributed by atoms with E-state index in [-0.39, 0.29) is 0 Å². The van der Waals surface area contributed by atoms with Crippen LogP contribution in [0.15, 0.2) is 10.2 Å². The van der Waals surface area contributed by atoms with Gasteiger partial charge < -0.3 is 0 Å². The van der Waals surface area contributed by atoms with Crippen molar-refractivity contribution in [1.29, 1.82) is 0 Å². The number of hydrogen-bond donors (Lipinski definition) is 0. The van der Waals surface area contributed by atoms with Gasteiger partial charge in [0, 0.05) is 0 Å². The lowest BCUT2D eigenvalue weighted by Crippen LogP contribution is -2.20. The molecule has 0 aliphatic carbocycles. The van der Waals surface area contributed by atoms with Gasteiger partial charge in [0.1, 0.15) is 0 Å². The van der Waals surface area contributed by atoms with Gasteiger partial charge in [-0.2, -0.15) is 0 Å². The van der Waals surface area contributed by atoms with Crippen LogP contribution in [-0.4, -0.2) is 8.07 Å². The lowest BCUT2D eigenvalue weighted by molar-refractivity contribution is 0.959. The molecular weight excluding hydrogens is 204 g/mol. The summed E-state index contributed by atoms with van der Waals surface area (Å²) in [4.78, 5) is 0. The van der Waals surface area contributed by atoms with E-state index < -0.39 is 8.07 Å². The van der Waals surface area contributed by atoms with Crippen molar-refractivity contribution in [2.75, 3.05) is 0 Å². The summed E-state index contributed by atoms with van der Waals surface area (Å²) in [6, 6.07) is 0. The van der Waals surface area contributed by atoms with Gasteiger partial charge in [-0.25, -0.2) is 0 Å². The Balaban J connectivity index is 3.93. The van der Waals surface area contributed by atoms with Crippen LogP contribution in [0, 0.1) is 0 Å². The molecule has 0 aromatic rings. The van der Waals surface area contributed by atoms with Crippen LogP contribution in [0.4, 0.5) is 0 Å². The number of hydrogen-bond acceptors (Lipinski definition) is 0. The molecule has 0 unspecified atom stereocenters. The quantitative estimate of drug-likeness (QED) is 0.633. The second-order valence-electron chi connectivity index (χ2n) is 3.59. The standard InChI is InChI=1S/C8H17BrSi/c1-5-6-7-8(9)10(2,3)4/h7H,5-6H2,1-4H3/b8-7-. The van der Waals surface area contributed by atoms with Crippen molar-refractivity contribution in [2.24, 2.45) is 0 Å². The summed E-state index contributed by atoms with van der Waals surface area (Å²) in [7, 11) is -1.02. The maximum Gasteiger partial charge on any atom is 0.0861 e. The Hall–Kier alpha value is 0.437. The van der Waals surface area contributed by atoms with Crippen molar-refractivity contribution in [2.45, 2.75) is 39.4 Å². The van der Waals surface area contributed by atoms with E-state index in [0.717, 1.165) is 0 Å². The van der Waals surface area contributed by atoms with Crippen molar-refractivity contribution in [3.05, 3.63) is 10.2 Å². The monoisotopic (exact) mass is 220 g/mol. The molecule has 2 heteroatoms. The van der Waals surface area contributed by atoms with E-state index in [9.17, 15) is 0 Å². The zero-order chi connectivity index (χ0) is 8.20. The summed E-state index contributed by atoms with van der Waals surface area (Å²) in [5, 5.41) is 0. The molecule has 0 fully saturated rings. The summed E-state index contributed by atoms with van der Waals surface area (Å²) in [6.45, 7) is 9.26. The van der Waals surface area contributed by atoms with Gasteiger partial charge in [0.15, 0.2) is 0 Å². The first kappa shape index (κ1) is 10.4. The normalized spacial score (nSPS) is 13.9. The summed E-state index contributed by atoms with van der Waals surface area (Å²) < 4.78 is 1.46. The first-order chi connectivity index (χ1) is 4.48. The molecular formula is C8H17BrSi. The molecule has 0 amide bonds. The predicted octanol–water partition coefficient (Wildman–Crippen LogP) is 3.94. The Morgan fingerprint density at radius 1 is 1.40 bits per heavy atom. The average Bonchev–Trinajstić information content (AvgIpc) is 1.80. The second-order valence-corrected chi connectivity index (χ2v) is 10.2. The van der Waals surface area contributed by atoms with E-state index in [1.54, 1.807) is 0 Å². The van der Waals surface area contributed by atoms with E-state index in [1.807, 2.05) is 0 Å². The van der Waals surface area contributed by atoms with Crippen LogP contribution in [0.2, 0.25) is 19.6 Å². The third kappa shape index (κ3) is 4.28. The zero-order valence-electron chi connectivity index (χ0n) is 7.37. The molecule has 0 aliphatic rings. The molecule has 0 rings (SSSR count). The molecule has 0 nitrogen and oxygen atoms in total. The Labute approximate surface area is 73.9 Å². The van der Waals surface area contributed by atoms with Gasteiger partial charge in [-0.1, -0.05) is 55.0 Å². The topological polar surface area (TPSA) is 0 Å². The van der Waals surface area contributed by atoms with Crippen LogP contribution in [0.3, 0.4) is 0 Å². The smallest absolute Gasteiger partial charge is 0.0785 e. The highest BCUT2D eigenvalue weighted by Crippen LogP contribution is 2.21. The maximum absolute atomic E-state index is 3.62. The van der Waals surface area contributed by atoms with Gasteiger partial charge >= 0.3 is 0 Å². The fourth-order valence-electron chi connectivity index (χ4n) is 0.577. The van der Waals surface area contributed by atoms with Gasteiger partial charge in [-0.05, 0) is 10.5 Å². The summed E-state index contributed by atoms with van der Waals surface area (Å²) in [5.41, 5.74) is 0. The van der Waals surface area contributed by atoms with Crippen LogP contribution in [-0.2, 0) is 0 Å². The Morgan fingerprint density at radius 2 is 1.90 bits per heavy atom. The molecule has 0 heterocycles. The molecule has 0 atom stereocenters. The van der Waals surface area contributed by atoms with Gasteiger partial charge in [0.05, 0.1) is 8.07 Å². The molecule has 10 heavy (non-hydrogen) atoms. The fourth-order valence-corrected chi connectivity index (χ4v) is 1.56. The highest BCUT2D eigenvalue weighted by Gasteiger charge is 2.15. The molecule has 0 aromatic carbocycles. The Kier molecular flexibility index (Phi) is 4.53. The average molecular weight is 221 g/mol. The zero-order valence-corrected chi connectivity index (χ0v) is 9.96. The number of halogens is 1. The van der Waals surface area contributed by atoms with Crippen molar-refractivity contribution in [1.82, 2.24) is 0 Å². The maximum atomic E-state index is 3.62. The number of rotatable bonds is 3. The minimum absolute atomic E-state index is 1.02. The summed E-state index contributed by atoms with van der Waals surface area (Å²) in [5.74, 6) is 0. The third-order valence-corrected chi connectivity index (χ3v) is 6.86. The van der Waals surface area contributed by atoms with Crippen LogP contribution in [0.5, 0.6) is 0 Å². The van der Waals surface area contributed by atoms with E-state index in [1.165, 1.54) is 16.9 Å². The molecule has 0 aliphatic heterocycles. The fraction of sp³-hybridized carbons (Fsp3) is 0.750. The van der Waals surface area contributed by atoms with Crippen molar-refractivity contribution in [3.8, 4) is 0 Å². The molecule has 0 bridgehead atoms. The van der Waals surface area contributed by atoms with E-state index in [2.05, 4.69) is 48.6 Å². The van der Waals surface area contributed by atoms with Crippen molar-refractivity contribution in [3.63, 3.8) is 0 Å². The molecule has 0 saturated carbocycles. The third-order valence-electron chi connectivity index (χ3n) is 1.33. The first-order valence-electron chi connectivity index (χ1n) is 3.84. The Morgan fingerprint density at radius 3 is 2.20 bits per heavy atom. The molecule has 0 aromatic heterocycles. The number of allylic oxidation sites excluding steroid dienone is 1. The van der Waals surface area contributed by atoms with Crippen molar-refractivity contribution >= 4 is 24.0 Å². The van der Waals surface area contributed by atoms with Crippen LogP contribution in [0.25, 0.3) is 0 Å². The van der Waals surface area contributed by atoms with Crippen LogP contribution >= 0.6 is 15.9 Å². The molecule has 0 saturated heterocycles. The van der Waals surface area contributed by atoms with Gasteiger partial charge in [-0.15, -0.1) is 0 Å². The molecule has 0 radical (unpaired) electrons. The lowest BCUT2D eigenvalue weighted by Gasteiger charge is -2.14. The van der Waals surface area contributed by atoms with E-state index in [4.69, 9.17) is 0 Å². The molecule has 0 spiro atoms. The summed E-state index contributed by atoms with van der Waals surface area (Å²) in [6.07, 6.45) is 4.79. The van der Waals surface area contributed by atoms with Gasteiger partial charge in [0.25, 0.3) is 0 Å². The van der Waals surface area contributed by atoms with E-state index >= 15 is 0 Å². The molecule has 0 N–H and O–H groups in total. The first-order valence-corrected chi connectivity index (χ1v) is 8.14. The van der Waals surface area contributed by atoms with E-state index in [0.29, 0.717) is 0 Å². The van der Waals surface area contributed by atoms with Crippen LogP contribution in [0.1, 0.15) is 19.8 Å². The highest BCUT2D eigenvalue weighted by atomic mass is 79.9. The van der Waals surface area contributed by atoms with Crippen molar-refractivity contribution < 1.29 is 0 Å². The minimum Gasteiger partial charge on any atom is -0.0785 e. The summed E-state index contributed by atoms with van der Waals surface area (Å²) >= 11 is 3.62. The van der Waals surface area contributed by atoms with Gasteiger partial charge in [0.2, 0.25) is 0 Å². The minimum atomic E-state index is -1.02. The van der Waals surface area contributed by atoms with Gasteiger partial charge in [-0.3, -0.25) is 0 Å².